The highest BCUT2D eigenvalue weighted by atomic mass is 35.5. The van der Waals surface area contributed by atoms with Crippen LogP contribution < -0.4 is 5.32 Å². The molecule has 18 heavy (non-hydrogen) atoms. The molecule has 2 rings (SSSR count). The minimum atomic E-state index is 0. The fraction of sp³-hybridized carbons (Fsp3) is 0.583. The van der Waals surface area contributed by atoms with Crippen molar-refractivity contribution in [2.24, 2.45) is 0 Å². The number of pyridine rings is 1. The molecule has 6 heteroatoms. The summed E-state index contributed by atoms with van der Waals surface area (Å²) in [7, 11) is 0. The van der Waals surface area contributed by atoms with E-state index >= 15 is 0 Å². The molecule has 0 amide bonds. The fourth-order valence-electron chi connectivity index (χ4n) is 2.28. The van der Waals surface area contributed by atoms with E-state index in [2.05, 4.69) is 28.2 Å². The number of hydrogen-bond donors (Lipinski definition) is 1. The first-order chi connectivity index (χ1) is 7.81. The molecule has 1 saturated heterocycles. The zero-order chi connectivity index (χ0) is 11.4. The van der Waals surface area contributed by atoms with Crippen molar-refractivity contribution in [3.05, 3.63) is 29.0 Å². The normalized spacial score (nSPS) is 17.4. The maximum absolute atomic E-state index is 5.81. The highest BCUT2D eigenvalue weighted by molar-refractivity contribution is 6.29. The lowest BCUT2D eigenvalue weighted by Crippen LogP contribution is -2.45. The summed E-state index contributed by atoms with van der Waals surface area (Å²) in [6.07, 6.45) is 3.02. The van der Waals surface area contributed by atoms with Crippen LogP contribution in [0.3, 0.4) is 0 Å². The van der Waals surface area contributed by atoms with Gasteiger partial charge in [0.15, 0.2) is 0 Å². The quantitative estimate of drug-likeness (QED) is 0.870. The summed E-state index contributed by atoms with van der Waals surface area (Å²) in [5, 5.41) is 3.94. The number of rotatable bonds is 3. The first-order valence-corrected chi connectivity index (χ1v) is 6.25. The van der Waals surface area contributed by atoms with Crippen molar-refractivity contribution in [3.8, 4) is 0 Å². The van der Waals surface area contributed by atoms with E-state index in [-0.39, 0.29) is 24.8 Å². The van der Waals surface area contributed by atoms with Crippen molar-refractivity contribution in [1.29, 1.82) is 0 Å². The van der Waals surface area contributed by atoms with Crippen molar-refractivity contribution in [2.45, 2.75) is 19.4 Å². The van der Waals surface area contributed by atoms with Crippen LogP contribution in [0, 0.1) is 0 Å². The van der Waals surface area contributed by atoms with Crippen LogP contribution in [0.15, 0.2) is 18.3 Å². The van der Waals surface area contributed by atoms with Gasteiger partial charge in [0.2, 0.25) is 0 Å². The first-order valence-electron chi connectivity index (χ1n) is 5.87. The molecule has 1 N–H and O–H groups in total. The summed E-state index contributed by atoms with van der Waals surface area (Å²) in [5.41, 5.74) is 1.27. The lowest BCUT2D eigenvalue weighted by Gasteiger charge is -2.34. The minimum Gasteiger partial charge on any atom is -0.314 e. The maximum Gasteiger partial charge on any atom is 0.129 e. The number of hydrogen-bond acceptors (Lipinski definition) is 3. The molecule has 0 spiro atoms. The molecule has 1 aromatic heterocycles. The Balaban J connectivity index is 0.00000144. The third kappa shape index (κ3) is 4.56. The van der Waals surface area contributed by atoms with Gasteiger partial charge in [-0.05, 0) is 18.1 Å². The molecule has 1 fully saturated rings. The fourth-order valence-corrected chi connectivity index (χ4v) is 2.39. The monoisotopic (exact) mass is 311 g/mol. The highest BCUT2D eigenvalue weighted by Gasteiger charge is 2.20. The average molecular weight is 313 g/mol. The summed E-state index contributed by atoms with van der Waals surface area (Å²) < 4.78 is 0. The predicted octanol–water partition coefficient (Wildman–Crippen LogP) is 2.93. The highest BCUT2D eigenvalue weighted by Crippen LogP contribution is 2.24. The van der Waals surface area contributed by atoms with Gasteiger partial charge in [0.25, 0.3) is 0 Å². The molecule has 0 unspecified atom stereocenters. The summed E-state index contributed by atoms with van der Waals surface area (Å²) in [6, 6.07) is 4.44. The largest absolute Gasteiger partial charge is 0.314 e. The molecule has 1 aromatic rings. The predicted molar refractivity (Wildman–Crippen MR) is 81.2 cm³/mol. The molecular formula is C12H20Cl3N3. The summed E-state index contributed by atoms with van der Waals surface area (Å²) in [4.78, 5) is 6.68. The SMILES string of the molecule is CC[C@@H](c1ccc(Cl)nc1)N1CCNCC1.Cl.Cl. The Morgan fingerprint density at radius 1 is 1.33 bits per heavy atom. The van der Waals surface area contributed by atoms with Crippen LogP contribution >= 0.6 is 36.4 Å². The molecule has 0 saturated carbocycles. The minimum absolute atomic E-state index is 0. The van der Waals surface area contributed by atoms with Gasteiger partial charge in [0.1, 0.15) is 5.15 Å². The Morgan fingerprint density at radius 3 is 2.50 bits per heavy atom. The van der Waals surface area contributed by atoms with E-state index in [1.54, 1.807) is 0 Å². The van der Waals surface area contributed by atoms with E-state index in [0.29, 0.717) is 11.2 Å². The molecule has 0 bridgehead atoms. The van der Waals surface area contributed by atoms with Gasteiger partial charge in [0.05, 0.1) is 0 Å². The van der Waals surface area contributed by atoms with Crippen LogP contribution in [0.1, 0.15) is 24.9 Å². The van der Waals surface area contributed by atoms with Crippen LogP contribution in [0.4, 0.5) is 0 Å². The lowest BCUT2D eigenvalue weighted by molar-refractivity contribution is 0.169. The Bertz CT molecular complexity index is 326. The summed E-state index contributed by atoms with van der Waals surface area (Å²) in [6.45, 7) is 6.61. The van der Waals surface area contributed by atoms with E-state index in [1.807, 2.05) is 12.3 Å². The van der Waals surface area contributed by atoms with Gasteiger partial charge in [-0.1, -0.05) is 24.6 Å². The van der Waals surface area contributed by atoms with E-state index in [4.69, 9.17) is 11.6 Å². The Labute approximate surface area is 126 Å². The van der Waals surface area contributed by atoms with Crippen LogP contribution in [-0.2, 0) is 0 Å². The Morgan fingerprint density at radius 2 is 2.00 bits per heavy atom. The topological polar surface area (TPSA) is 28.2 Å². The van der Waals surface area contributed by atoms with Gasteiger partial charge in [0, 0.05) is 38.4 Å². The number of halogens is 3. The Hall–Kier alpha value is -0.0600. The summed E-state index contributed by atoms with van der Waals surface area (Å²) in [5.74, 6) is 0. The van der Waals surface area contributed by atoms with Gasteiger partial charge in [-0.25, -0.2) is 4.98 Å². The number of aromatic nitrogens is 1. The average Bonchev–Trinajstić information content (AvgIpc) is 2.34. The molecule has 1 aliphatic heterocycles. The molecule has 1 atom stereocenters. The van der Waals surface area contributed by atoms with E-state index in [9.17, 15) is 0 Å². The van der Waals surface area contributed by atoms with Crippen molar-refractivity contribution in [1.82, 2.24) is 15.2 Å². The van der Waals surface area contributed by atoms with Gasteiger partial charge in [-0.15, -0.1) is 24.8 Å². The number of nitrogens with one attached hydrogen (secondary N) is 1. The van der Waals surface area contributed by atoms with Gasteiger partial charge in [-0.3, -0.25) is 4.90 Å². The first kappa shape index (κ1) is 17.9. The second-order valence-electron chi connectivity index (χ2n) is 4.12. The summed E-state index contributed by atoms with van der Waals surface area (Å²) >= 11 is 5.81. The third-order valence-electron chi connectivity index (χ3n) is 3.11. The van der Waals surface area contributed by atoms with Crippen LogP contribution in [0.2, 0.25) is 5.15 Å². The van der Waals surface area contributed by atoms with Gasteiger partial charge >= 0.3 is 0 Å². The molecule has 104 valence electrons. The van der Waals surface area contributed by atoms with Gasteiger partial charge in [-0.2, -0.15) is 0 Å². The number of piperazine rings is 1. The maximum atomic E-state index is 5.81. The smallest absolute Gasteiger partial charge is 0.129 e. The van der Waals surface area contributed by atoms with Crippen molar-refractivity contribution in [2.75, 3.05) is 26.2 Å². The molecule has 2 heterocycles. The standard InChI is InChI=1S/C12H18ClN3.2ClH/c1-2-11(16-7-5-14-6-8-16)10-3-4-12(13)15-9-10;;/h3-4,9,11,14H,2,5-8H2,1H3;2*1H/t11-;;/m0../s1. The van der Waals surface area contributed by atoms with Crippen molar-refractivity contribution < 1.29 is 0 Å². The van der Waals surface area contributed by atoms with Crippen LogP contribution in [-0.4, -0.2) is 36.1 Å². The van der Waals surface area contributed by atoms with E-state index in [0.717, 1.165) is 32.6 Å². The zero-order valence-corrected chi connectivity index (χ0v) is 12.8. The molecule has 0 aliphatic carbocycles. The van der Waals surface area contributed by atoms with Crippen LogP contribution in [0.5, 0.6) is 0 Å². The second-order valence-corrected chi connectivity index (χ2v) is 4.51. The second kappa shape index (κ2) is 8.94. The molecule has 1 aliphatic rings. The third-order valence-corrected chi connectivity index (χ3v) is 3.34. The van der Waals surface area contributed by atoms with Crippen molar-refractivity contribution in [3.63, 3.8) is 0 Å². The van der Waals surface area contributed by atoms with Crippen molar-refractivity contribution >= 4 is 36.4 Å². The molecular weight excluding hydrogens is 293 g/mol. The molecule has 3 nitrogen and oxygen atoms in total. The lowest BCUT2D eigenvalue weighted by atomic mass is 10.0. The Kier molecular flexibility index (Phi) is 8.91. The van der Waals surface area contributed by atoms with E-state index in [1.165, 1.54) is 5.56 Å². The number of nitrogens with zero attached hydrogens (tertiary/aromatic N) is 2. The van der Waals surface area contributed by atoms with Gasteiger partial charge < -0.3 is 5.32 Å². The van der Waals surface area contributed by atoms with Crippen LogP contribution in [0.25, 0.3) is 0 Å². The van der Waals surface area contributed by atoms with E-state index < -0.39 is 0 Å². The zero-order valence-electron chi connectivity index (χ0n) is 10.4. The molecule has 0 radical (unpaired) electrons. The molecule has 0 aromatic carbocycles.